The highest BCUT2D eigenvalue weighted by Gasteiger charge is 2.19. The lowest BCUT2D eigenvalue weighted by Crippen LogP contribution is -2.11. The van der Waals surface area contributed by atoms with Crippen LogP contribution in [0.3, 0.4) is 0 Å². The molecule has 0 fully saturated rings. The van der Waals surface area contributed by atoms with Crippen molar-refractivity contribution in [3.63, 3.8) is 0 Å². The van der Waals surface area contributed by atoms with Gasteiger partial charge in [0.15, 0.2) is 0 Å². The summed E-state index contributed by atoms with van der Waals surface area (Å²) in [7, 11) is 0. The number of fused-ring (bicyclic) bond motifs is 3. The minimum absolute atomic E-state index is 0.00145. The number of nitrogens with two attached hydrogens (primary N) is 1. The van der Waals surface area contributed by atoms with Crippen LogP contribution in [0.4, 0.5) is 8.78 Å². The highest BCUT2D eigenvalue weighted by Crippen LogP contribution is 2.34. The number of amides is 1. The molecule has 0 bridgehead atoms. The van der Waals surface area contributed by atoms with E-state index in [0.29, 0.717) is 27.4 Å². The number of rotatable bonds is 3. The molecular formula is C20H13ClF2N2O. The van der Waals surface area contributed by atoms with E-state index in [1.807, 2.05) is 0 Å². The van der Waals surface area contributed by atoms with E-state index in [-0.39, 0.29) is 17.1 Å². The molecule has 3 aromatic carbocycles. The van der Waals surface area contributed by atoms with Gasteiger partial charge in [0, 0.05) is 21.9 Å². The van der Waals surface area contributed by atoms with Gasteiger partial charge in [-0.15, -0.1) is 0 Å². The van der Waals surface area contributed by atoms with Crippen molar-refractivity contribution in [2.24, 2.45) is 5.73 Å². The van der Waals surface area contributed by atoms with Crippen molar-refractivity contribution in [1.82, 2.24) is 4.57 Å². The predicted molar refractivity (Wildman–Crippen MR) is 98.4 cm³/mol. The maximum Gasteiger partial charge on any atom is 0.249 e. The molecule has 1 amide bonds. The number of primary amides is 1. The number of hydrogen-bond donors (Lipinski definition) is 1. The SMILES string of the molecule is NC(=O)c1cccc2c1c1cccc(F)c1n2Cc1cccc(Cl)c1F. The molecule has 26 heavy (non-hydrogen) atoms. The monoisotopic (exact) mass is 370 g/mol. The summed E-state index contributed by atoms with van der Waals surface area (Å²) >= 11 is 5.87. The van der Waals surface area contributed by atoms with E-state index in [1.165, 1.54) is 12.1 Å². The number of carbonyl (C=O) groups is 1. The van der Waals surface area contributed by atoms with Crippen LogP contribution in [-0.2, 0) is 6.54 Å². The Bertz CT molecular complexity index is 1180. The molecule has 6 heteroatoms. The molecule has 4 aromatic rings. The van der Waals surface area contributed by atoms with Crippen molar-refractivity contribution >= 4 is 39.3 Å². The summed E-state index contributed by atoms with van der Waals surface area (Å²) in [5, 5.41) is 1.11. The van der Waals surface area contributed by atoms with Gasteiger partial charge in [0.05, 0.1) is 22.6 Å². The summed E-state index contributed by atoms with van der Waals surface area (Å²) in [6, 6.07) is 14.3. The molecule has 2 N–H and O–H groups in total. The van der Waals surface area contributed by atoms with E-state index < -0.39 is 17.5 Å². The third-order valence-corrected chi connectivity index (χ3v) is 4.78. The summed E-state index contributed by atoms with van der Waals surface area (Å²) < 4.78 is 30.7. The Kier molecular flexibility index (Phi) is 3.89. The zero-order valence-electron chi connectivity index (χ0n) is 13.5. The lowest BCUT2D eigenvalue weighted by molar-refractivity contribution is 0.100. The van der Waals surface area contributed by atoms with Crippen molar-refractivity contribution in [2.75, 3.05) is 0 Å². The van der Waals surface area contributed by atoms with Crippen LogP contribution in [-0.4, -0.2) is 10.5 Å². The fourth-order valence-electron chi connectivity index (χ4n) is 3.37. The zero-order valence-corrected chi connectivity index (χ0v) is 14.2. The first-order chi connectivity index (χ1) is 12.5. The van der Waals surface area contributed by atoms with Crippen molar-refractivity contribution in [3.05, 3.63) is 82.4 Å². The number of para-hydroxylation sites is 1. The molecule has 0 aliphatic heterocycles. The van der Waals surface area contributed by atoms with E-state index in [4.69, 9.17) is 17.3 Å². The Balaban J connectivity index is 2.09. The molecule has 0 unspecified atom stereocenters. The summed E-state index contributed by atoms with van der Waals surface area (Å²) in [5.41, 5.74) is 7.00. The molecule has 0 aliphatic rings. The van der Waals surface area contributed by atoms with Gasteiger partial charge < -0.3 is 10.3 Å². The van der Waals surface area contributed by atoms with E-state index in [9.17, 15) is 13.6 Å². The molecule has 0 radical (unpaired) electrons. The summed E-state index contributed by atoms with van der Waals surface area (Å²) in [5.74, 6) is -1.61. The standard InChI is InChI=1S/C20H13ClF2N2O/c21-14-7-1-4-11(18(14)23)10-25-16-9-3-6-13(20(24)26)17(16)12-5-2-8-15(22)19(12)25/h1-9H,10H2,(H2,24,26). The van der Waals surface area contributed by atoms with Crippen LogP contribution in [0.1, 0.15) is 15.9 Å². The molecule has 1 heterocycles. The average Bonchev–Trinajstić information content (AvgIpc) is 2.94. The van der Waals surface area contributed by atoms with Gasteiger partial charge >= 0.3 is 0 Å². The van der Waals surface area contributed by atoms with Crippen LogP contribution in [0.5, 0.6) is 0 Å². The number of benzene rings is 3. The molecule has 3 nitrogen and oxygen atoms in total. The predicted octanol–water partition coefficient (Wildman–Crippen LogP) is 4.87. The fraction of sp³-hybridized carbons (Fsp3) is 0.0500. The number of carbonyl (C=O) groups excluding carboxylic acids is 1. The maximum absolute atomic E-state index is 14.6. The molecule has 0 saturated carbocycles. The Hall–Kier alpha value is -2.92. The normalized spacial score (nSPS) is 11.3. The minimum Gasteiger partial charge on any atom is -0.366 e. The van der Waals surface area contributed by atoms with E-state index in [0.717, 1.165) is 0 Å². The fourth-order valence-corrected chi connectivity index (χ4v) is 3.56. The summed E-state index contributed by atoms with van der Waals surface area (Å²) in [6.45, 7) is 0.0650. The first-order valence-corrected chi connectivity index (χ1v) is 8.29. The van der Waals surface area contributed by atoms with Crippen molar-refractivity contribution in [1.29, 1.82) is 0 Å². The Morgan fingerprint density at radius 1 is 1.04 bits per heavy atom. The van der Waals surface area contributed by atoms with Gasteiger partial charge in [-0.05, 0) is 24.3 Å². The molecule has 1 aromatic heterocycles. The van der Waals surface area contributed by atoms with Crippen LogP contribution in [0.15, 0.2) is 54.6 Å². The number of hydrogen-bond acceptors (Lipinski definition) is 1. The van der Waals surface area contributed by atoms with E-state index >= 15 is 0 Å². The van der Waals surface area contributed by atoms with Gasteiger partial charge in [-0.2, -0.15) is 0 Å². The lowest BCUT2D eigenvalue weighted by atomic mass is 10.1. The minimum atomic E-state index is -0.604. The number of aromatic nitrogens is 1. The van der Waals surface area contributed by atoms with Crippen LogP contribution in [0.25, 0.3) is 21.8 Å². The van der Waals surface area contributed by atoms with Gasteiger partial charge in [-0.3, -0.25) is 4.79 Å². The van der Waals surface area contributed by atoms with Crippen LogP contribution >= 0.6 is 11.6 Å². The first kappa shape index (κ1) is 16.5. The van der Waals surface area contributed by atoms with Gasteiger partial charge in [-0.1, -0.05) is 41.9 Å². The molecule has 0 aliphatic carbocycles. The Morgan fingerprint density at radius 2 is 1.77 bits per heavy atom. The molecule has 0 saturated heterocycles. The highest BCUT2D eigenvalue weighted by atomic mass is 35.5. The molecule has 0 spiro atoms. The zero-order chi connectivity index (χ0) is 18.4. The number of halogens is 3. The largest absolute Gasteiger partial charge is 0.366 e. The van der Waals surface area contributed by atoms with Crippen molar-refractivity contribution < 1.29 is 13.6 Å². The molecule has 0 atom stereocenters. The smallest absolute Gasteiger partial charge is 0.249 e. The quantitative estimate of drug-likeness (QED) is 0.549. The second-order valence-corrected chi connectivity index (χ2v) is 6.41. The highest BCUT2D eigenvalue weighted by molar-refractivity contribution is 6.30. The van der Waals surface area contributed by atoms with Gasteiger partial charge in [0.25, 0.3) is 0 Å². The summed E-state index contributed by atoms with van der Waals surface area (Å²) in [4.78, 5) is 11.9. The average molecular weight is 371 g/mol. The second-order valence-electron chi connectivity index (χ2n) is 6.00. The second kappa shape index (κ2) is 6.11. The lowest BCUT2D eigenvalue weighted by Gasteiger charge is -2.10. The molecule has 4 rings (SSSR count). The van der Waals surface area contributed by atoms with Gasteiger partial charge in [-0.25, -0.2) is 8.78 Å². The van der Waals surface area contributed by atoms with Crippen molar-refractivity contribution in [3.8, 4) is 0 Å². The van der Waals surface area contributed by atoms with Crippen LogP contribution in [0, 0.1) is 11.6 Å². The Labute approximate surface area is 152 Å². The Morgan fingerprint density at radius 3 is 2.54 bits per heavy atom. The van der Waals surface area contributed by atoms with Crippen LogP contribution in [0.2, 0.25) is 5.02 Å². The molecular weight excluding hydrogens is 358 g/mol. The van der Waals surface area contributed by atoms with Crippen molar-refractivity contribution in [2.45, 2.75) is 6.54 Å². The molecule has 130 valence electrons. The van der Waals surface area contributed by atoms with Crippen LogP contribution < -0.4 is 5.73 Å². The topological polar surface area (TPSA) is 48.0 Å². The van der Waals surface area contributed by atoms with E-state index in [2.05, 4.69) is 0 Å². The first-order valence-electron chi connectivity index (χ1n) is 7.91. The number of nitrogens with zero attached hydrogens (tertiary/aromatic N) is 1. The van der Waals surface area contributed by atoms with Gasteiger partial charge in [0.2, 0.25) is 5.91 Å². The van der Waals surface area contributed by atoms with Gasteiger partial charge in [0.1, 0.15) is 11.6 Å². The third kappa shape index (κ3) is 2.44. The summed E-state index contributed by atoms with van der Waals surface area (Å²) in [6.07, 6.45) is 0. The van der Waals surface area contributed by atoms with E-state index in [1.54, 1.807) is 47.0 Å². The third-order valence-electron chi connectivity index (χ3n) is 4.48. The maximum atomic E-state index is 14.6.